The second kappa shape index (κ2) is 5.70. The van der Waals surface area contributed by atoms with Gasteiger partial charge in [0.1, 0.15) is 23.3 Å². The van der Waals surface area contributed by atoms with Crippen molar-refractivity contribution in [3.05, 3.63) is 42.4 Å². The lowest BCUT2D eigenvalue weighted by Crippen LogP contribution is -2.04. The first kappa shape index (κ1) is 13.2. The van der Waals surface area contributed by atoms with E-state index in [0.29, 0.717) is 6.54 Å². The first-order valence-corrected chi connectivity index (χ1v) is 6.54. The molecule has 0 saturated carbocycles. The number of fused-ring (bicyclic) bond motifs is 1. The Morgan fingerprint density at radius 1 is 1.14 bits per heavy atom. The average Bonchev–Trinajstić information content (AvgIpc) is 3.01. The summed E-state index contributed by atoms with van der Waals surface area (Å²) in [5, 5.41) is 3.30. The van der Waals surface area contributed by atoms with E-state index in [1.807, 2.05) is 30.5 Å². The molecule has 0 aliphatic carbocycles. The number of nitrogens with one attached hydrogen (secondary N) is 2. The minimum Gasteiger partial charge on any atom is -0.497 e. The number of hydrogen-bond acceptors (Lipinski definition) is 5. The number of benzene rings is 1. The molecule has 21 heavy (non-hydrogen) atoms. The quantitative estimate of drug-likeness (QED) is 0.753. The lowest BCUT2D eigenvalue weighted by molar-refractivity contribution is 0.391. The Bertz CT molecular complexity index is 754. The summed E-state index contributed by atoms with van der Waals surface area (Å²) in [4.78, 5) is 11.6. The van der Waals surface area contributed by atoms with Gasteiger partial charge in [-0.25, -0.2) is 9.97 Å². The Morgan fingerprint density at radius 3 is 2.86 bits per heavy atom. The van der Waals surface area contributed by atoms with E-state index in [-0.39, 0.29) is 0 Å². The van der Waals surface area contributed by atoms with Gasteiger partial charge >= 0.3 is 0 Å². The molecular formula is C15H16N4O2. The molecule has 1 aromatic carbocycles. The third-order valence-corrected chi connectivity index (χ3v) is 3.29. The first-order valence-electron chi connectivity index (χ1n) is 6.54. The summed E-state index contributed by atoms with van der Waals surface area (Å²) in [5.41, 5.74) is 2.80. The summed E-state index contributed by atoms with van der Waals surface area (Å²) in [6, 6.07) is 7.65. The lowest BCUT2D eigenvalue weighted by atomic mass is 10.2. The molecule has 2 aromatic heterocycles. The van der Waals surface area contributed by atoms with Crippen LogP contribution in [-0.4, -0.2) is 29.2 Å². The van der Waals surface area contributed by atoms with E-state index in [1.54, 1.807) is 20.5 Å². The molecule has 0 fully saturated rings. The standard InChI is InChI=1S/C15H16N4O2/c1-20-11-4-3-10(13(7-11)21-2)8-17-15-14-12(5-6-16-14)18-9-19-15/h3-7,9,16H,8H2,1-2H3,(H,17,18,19). The summed E-state index contributed by atoms with van der Waals surface area (Å²) < 4.78 is 10.6. The smallest absolute Gasteiger partial charge is 0.154 e. The molecule has 3 rings (SSSR count). The second-order valence-corrected chi connectivity index (χ2v) is 4.49. The fraction of sp³-hybridized carbons (Fsp3) is 0.200. The van der Waals surface area contributed by atoms with Crippen molar-refractivity contribution in [2.75, 3.05) is 19.5 Å². The van der Waals surface area contributed by atoms with Crippen LogP contribution in [0, 0.1) is 0 Å². The topological polar surface area (TPSA) is 72.1 Å². The Balaban J connectivity index is 1.83. The SMILES string of the molecule is COc1ccc(CNc2ncnc3cc[nH]c23)c(OC)c1. The number of rotatable bonds is 5. The van der Waals surface area contributed by atoms with Crippen molar-refractivity contribution in [1.29, 1.82) is 0 Å². The van der Waals surface area contributed by atoms with Crippen molar-refractivity contribution in [3.63, 3.8) is 0 Å². The molecule has 0 aliphatic heterocycles. The number of nitrogens with zero attached hydrogens (tertiary/aromatic N) is 2. The van der Waals surface area contributed by atoms with Gasteiger partial charge in [-0.15, -0.1) is 0 Å². The number of ether oxygens (including phenoxy) is 2. The third kappa shape index (κ3) is 2.60. The highest BCUT2D eigenvalue weighted by Gasteiger charge is 2.08. The predicted molar refractivity (Wildman–Crippen MR) is 80.8 cm³/mol. The van der Waals surface area contributed by atoms with Crippen molar-refractivity contribution in [3.8, 4) is 11.5 Å². The van der Waals surface area contributed by atoms with Gasteiger partial charge in [0.05, 0.1) is 19.7 Å². The minimum atomic E-state index is 0.596. The maximum atomic E-state index is 5.39. The van der Waals surface area contributed by atoms with Crippen LogP contribution in [0.4, 0.5) is 5.82 Å². The van der Waals surface area contributed by atoms with Gasteiger partial charge in [-0.1, -0.05) is 0 Å². The van der Waals surface area contributed by atoms with E-state index in [9.17, 15) is 0 Å². The van der Waals surface area contributed by atoms with Crippen molar-refractivity contribution in [2.24, 2.45) is 0 Å². The van der Waals surface area contributed by atoms with Gasteiger partial charge in [-0.05, 0) is 18.2 Å². The average molecular weight is 284 g/mol. The Morgan fingerprint density at radius 2 is 2.05 bits per heavy atom. The highest BCUT2D eigenvalue weighted by atomic mass is 16.5. The molecule has 6 nitrogen and oxygen atoms in total. The molecule has 0 amide bonds. The second-order valence-electron chi connectivity index (χ2n) is 4.49. The summed E-state index contributed by atoms with van der Waals surface area (Å²) in [5.74, 6) is 2.31. The Hall–Kier alpha value is -2.76. The fourth-order valence-electron chi connectivity index (χ4n) is 2.18. The third-order valence-electron chi connectivity index (χ3n) is 3.29. The van der Waals surface area contributed by atoms with Crippen LogP contribution in [0.25, 0.3) is 11.0 Å². The van der Waals surface area contributed by atoms with Crippen LogP contribution < -0.4 is 14.8 Å². The van der Waals surface area contributed by atoms with Gasteiger partial charge in [0, 0.05) is 24.4 Å². The zero-order chi connectivity index (χ0) is 14.7. The summed E-state index contributed by atoms with van der Waals surface area (Å²) in [6.45, 7) is 0.596. The number of aromatic amines is 1. The van der Waals surface area contributed by atoms with Gasteiger partial charge in [0.15, 0.2) is 5.82 Å². The monoisotopic (exact) mass is 284 g/mol. The molecule has 3 aromatic rings. The predicted octanol–water partition coefficient (Wildman–Crippen LogP) is 2.59. The summed E-state index contributed by atoms with van der Waals surface area (Å²) in [6.07, 6.45) is 3.39. The van der Waals surface area contributed by atoms with Gasteiger partial charge in [-0.3, -0.25) is 0 Å². The number of anilines is 1. The zero-order valence-corrected chi connectivity index (χ0v) is 11.9. The van der Waals surface area contributed by atoms with Crippen LogP contribution in [0.1, 0.15) is 5.56 Å². The maximum absolute atomic E-state index is 5.39. The maximum Gasteiger partial charge on any atom is 0.154 e. The van der Waals surface area contributed by atoms with Crippen LogP contribution in [0.3, 0.4) is 0 Å². The minimum absolute atomic E-state index is 0.596. The summed E-state index contributed by atoms with van der Waals surface area (Å²) >= 11 is 0. The Labute approximate surface area is 122 Å². The van der Waals surface area contributed by atoms with Crippen LogP contribution in [-0.2, 0) is 6.54 Å². The van der Waals surface area contributed by atoms with Gasteiger partial charge in [0.2, 0.25) is 0 Å². The van der Waals surface area contributed by atoms with E-state index in [4.69, 9.17) is 9.47 Å². The fourth-order valence-corrected chi connectivity index (χ4v) is 2.18. The normalized spacial score (nSPS) is 10.6. The van der Waals surface area contributed by atoms with Crippen molar-refractivity contribution >= 4 is 16.9 Å². The highest BCUT2D eigenvalue weighted by Crippen LogP contribution is 2.26. The van der Waals surface area contributed by atoms with Crippen molar-refractivity contribution < 1.29 is 9.47 Å². The molecular weight excluding hydrogens is 268 g/mol. The molecule has 0 aliphatic rings. The lowest BCUT2D eigenvalue weighted by Gasteiger charge is -2.11. The van der Waals surface area contributed by atoms with Crippen molar-refractivity contribution in [2.45, 2.75) is 6.54 Å². The van der Waals surface area contributed by atoms with Crippen molar-refractivity contribution in [1.82, 2.24) is 15.0 Å². The molecule has 0 bridgehead atoms. The van der Waals surface area contributed by atoms with E-state index in [1.165, 1.54) is 0 Å². The highest BCUT2D eigenvalue weighted by molar-refractivity contribution is 5.85. The van der Waals surface area contributed by atoms with E-state index >= 15 is 0 Å². The molecule has 6 heteroatoms. The van der Waals surface area contributed by atoms with Crippen LogP contribution in [0.15, 0.2) is 36.8 Å². The first-order chi connectivity index (χ1) is 10.3. The molecule has 0 spiro atoms. The number of methoxy groups -OCH3 is 2. The molecule has 2 heterocycles. The van der Waals surface area contributed by atoms with E-state index in [0.717, 1.165) is 33.9 Å². The number of H-pyrrole nitrogens is 1. The Kier molecular flexibility index (Phi) is 3.59. The van der Waals surface area contributed by atoms with Gasteiger partial charge in [0.25, 0.3) is 0 Å². The van der Waals surface area contributed by atoms with Gasteiger partial charge < -0.3 is 19.8 Å². The number of aromatic nitrogens is 3. The largest absolute Gasteiger partial charge is 0.497 e. The van der Waals surface area contributed by atoms with Crippen LogP contribution >= 0.6 is 0 Å². The molecule has 0 unspecified atom stereocenters. The number of hydrogen-bond donors (Lipinski definition) is 2. The molecule has 0 saturated heterocycles. The molecule has 0 radical (unpaired) electrons. The van der Waals surface area contributed by atoms with E-state index in [2.05, 4.69) is 20.3 Å². The molecule has 108 valence electrons. The van der Waals surface area contributed by atoms with Gasteiger partial charge in [-0.2, -0.15) is 0 Å². The van der Waals surface area contributed by atoms with E-state index < -0.39 is 0 Å². The molecule has 0 atom stereocenters. The van der Waals surface area contributed by atoms with Crippen LogP contribution in [0.5, 0.6) is 11.5 Å². The zero-order valence-electron chi connectivity index (χ0n) is 11.9. The molecule has 2 N–H and O–H groups in total. The summed E-state index contributed by atoms with van der Waals surface area (Å²) in [7, 11) is 3.28. The van der Waals surface area contributed by atoms with Crippen LogP contribution in [0.2, 0.25) is 0 Å².